The quantitative estimate of drug-likeness (QED) is 0.307. The zero-order valence-electron chi connectivity index (χ0n) is 22.8. The molecule has 0 saturated carbocycles. The standard InChI is InChI=1S/C30H33F3N6O2/c1-20(22-7-9-23(10-8-22)38-16-3-13-35-15-17-38)25(28(34)40)18-27-37-26-4-2-14-36-29(26)39(27)19-21-5-11-24(12-6-21)41-30(31,32)33/h2,4-12,14,20,25,35H,3,13,15-19H2,1H3,(H2,34,40)/t20-,25?/m1/s1. The van der Waals surface area contributed by atoms with E-state index >= 15 is 0 Å². The van der Waals surface area contributed by atoms with E-state index in [-0.39, 0.29) is 18.1 Å². The molecule has 3 N–H and O–H groups in total. The van der Waals surface area contributed by atoms with Gasteiger partial charge in [-0.05, 0) is 66.4 Å². The number of aromatic nitrogens is 3. The molecule has 2 atom stereocenters. The Morgan fingerprint density at radius 3 is 2.54 bits per heavy atom. The van der Waals surface area contributed by atoms with Gasteiger partial charge in [-0.15, -0.1) is 13.2 Å². The van der Waals surface area contributed by atoms with E-state index in [4.69, 9.17) is 10.7 Å². The number of primary amides is 1. The van der Waals surface area contributed by atoms with Crippen molar-refractivity contribution in [2.75, 3.05) is 31.1 Å². The van der Waals surface area contributed by atoms with Crippen LogP contribution in [0.25, 0.3) is 11.2 Å². The van der Waals surface area contributed by atoms with Crippen molar-refractivity contribution in [3.63, 3.8) is 0 Å². The summed E-state index contributed by atoms with van der Waals surface area (Å²) in [6.45, 7) is 6.20. The van der Waals surface area contributed by atoms with Crippen molar-refractivity contribution in [1.82, 2.24) is 19.9 Å². The number of anilines is 1. The molecular weight excluding hydrogens is 533 g/mol. The lowest BCUT2D eigenvalue weighted by atomic mass is 9.84. The summed E-state index contributed by atoms with van der Waals surface area (Å²) in [7, 11) is 0. The van der Waals surface area contributed by atoms with Gasteiger partial charge in [-0.2, -0.15) is 0 Å². The lowest BCUT2D eigenvalue weighted by molar-refractivity contribution is -0.274. The number of halogens is 3. The molecule has 3 heterocycles. The largest absolute Gasteiger partial charge is 0.573 e. The van der Waals surface area contributed by atoms with Gasteiger partial charge in [0, 0.05) is 37.9 Å². The molecule has 2 aromatic carbocycles. The Bertz CT molecular complexity index is 1460. The van der Waals surface area contributed by atoms with Crippen molar-refractivity contribution in [2.24, 2.45) is 11.7 Å². The molecule has 4 aromatic rings. The zero-order chi connectivity index (χ0) is 29.0. The first-order chi connectivity index (χ1) is 19.7. The number of carbonyl (C=O) groups is 1. The van der Waals surface area contributed by atoms with E-state index in [1.807, 2.05) is 17.6 Å². The first-order valence-corrected chi connectivity index (χ1v) is 13.7. The highest BCUT2D eigenvalue weighted by atomic mass is 19.4. The minimum Gasteiger partial charge on any atom is -0.406 e. The number of imidazole rings is 1. The Morgan fingerprint density at radius 2 is 1.83 bits per heavy atom. The van der Waals surface area contributed by atoms with Crippen molar-refractivity contribution in [3.05, 3.63) is 83.8 Å². The van der Waals surface area contributed by atoms with Crippen LogP contribution in [0.4, 0.5) is 18.9 Å². The number of hydrogen-bond donors (Lipinski definition) is 2. The summed E-state index contributed by atoms with van der Waals surface area (Å²) < 4.78 is 43.6. The lowest BCUT2D eigenvalue weighted by Gasteiger charge is -2.25. The molecule has 2 aromatic heterocycles. The fourth-order valence-corrected chi connectivity index (χ4v) is 5.35. The monoisotopic (exact) mass is 566 g/mol. The topological polar surface area (TPSA) is 98.3 Å². The Labute approximate surface area is 236 Å². The third-order valence-electron chi connectivity index (χ3n) is 7.58. The summed E-state index contributed by atoms with van der Waals surface area (Å²) in [5, 5.41) is 3.41. The van der Waals surface area contributed by atoms with Crippen LogP contribution in [0.3, 0.4) is 0 Å². The summed E-state index contributed by atoms with van der Waals surface area (Å²) in [6, 6.07) is 17.6. The van der Waals surface area contributed by atoms with Gasteiger partial charge in [-0.25, -0.2) is 9.97 Å². The molecule has 1 aliphatic heterocycles. The molecule has 0 bridgehead atoms. The van der Waals surface area contributed by atoms with Gasteiger partial charge < -0.3 is 25.3 Å². The van der Waals surface area contributed by atoms with Gasteiger partial charge in [0.1, 0.15) is 17.1 Å². The molecule has 8 nitrogen and oxygen atoms in total. The van der Waals surface area contributed by atoms with E-state index in [9.17, 15) is 18.0 Å². The molecule has 1 fully saturated rings. The average molecular weight is 567 g/mol. The summed E-state index contributed by atoms with van der Waals surface area (Å²) in [5.41, 5.74) is 10.1. The Morgan fingerprint density at radius 1 is 1.07 bits per heavy atom. The van der Waals surface area contributed by atoms with E-state index in [1.165, 1.54) is 12.1 Å². The normalized spacial score (nSPS) is 15.9. The first-order valence-electron chi connectivity index (χ1n) is 13.7. The second-order valence-corrected chi connectivity index (χ2v) is 10.3. The van der Waals surface area contributed by atoms with Crippen LogP contribution in [-0.4, -0.2) is 53.0 Å². The number of nitrogens with zero attached hydrogens (tertiary/aromatic N) is 4. The maximum atomic E-state index is 12.8. The molecule has 1 amide bonds. The van der Waals surface area contributed by atoms with Gasteiger partial charge in [-0.3, -0.25) is 4.79 Å². The van der Waals surface area contributed by atoms with Gasteiger partial charge in [0.25, 0.3) is 0 Å². The van der Waals surface area contributed by atoms with Gasteiger partial charge >= 0.3 is 6.36 Å². The lowest BCUT2D eigenvalue weighted by Crippen LogP contribution is -2.31. The molecule has 216 valence electrons. The SMILES string of the molecule is C[C@H](c1ccc(N2CCCNCC2)cc1)C(Cc1nc2cccnc2n1Cc1ccc(OC(F)(F)F)cc1)C(N)=O. The molecule has 0 spiro atoms. The third kappa shape index (κ3) is 6.97. The number of ether oxygens (including phenoxy) is 1. The third-order valence-corrected chi connectivity index (χ3v) is 7.58. The highest BCUT2D eigenvalue weighted by Gasteiger charge is 2.31. The van der Waals surface area contributed by atoms with Crippen molar-refractivity contribution >= 4 is 22.8 Å². The highest BCUT2D eigenvalue weighted by Crippen LogP contribution is 2.30. The highest BCUT2D eigenvalue weighted by molar-refractivity contribution is 5.78. The molecule has 5 rings (SSSR count). The summed E-state index contributed by atoms with van der Waals surface area (Å²) in [6.07, 6.45) is -1.74. The number of benzene rings is 2. The number of fused-ring (bicyclic) bond motifs is 1. The fourth-order valence-electron chi connectivity index (χ4n) is 5.35. The number of carbonyl (C=O) groups excluding carboxylic acids is 1. The number of amides is 1. The minimum absolute atomic E-state index is 0.174. The number of nitrogens with one attached hydrogen (secondary N) is 1. The fraction of sp³-hybridized carbons (Fsp3) is 0.367. The Kier molecular flexibility index (Phi) is 8.44. The van der Waals surface area contributed by atoms with Crippen LogP contribution in [0.15, 0.2) is 66.9 Å². The molecule has 11 heteroatoms. The number of hydrogen-bond acceptors (Lipinski definition) is 6. The molecule has 0 radical (unpaired) electrons. The van der Waals surface area contributed by atoms with Crippen molar-refractivity contribution < 1.29 is 22.7 Å². The van der Waals surface area contributed by atoms with E-state index in [1.54, 1.807) is 24.4 Å². The van der Waals surface area contributed by atoms with E-state index in [0.717, 1.165) is 49.4 Å². The summed E-state index contributed by atoms with van der Waals surface area (Å²) in [5.74, 6) is -0.816. The number of alkyl halides is 3. The van der Waals surface area contributed by atoms with Crippen LogP contribution < -0.4 is 20.7 Å². The zero-order valence-corrected chi connectivity index (χ0v) is 22.8. The van der Waals surface area contributed by atoms with Gasteiger partial charge in [0.05, 0.1) is 12.5 Å². The summed E-state index contributed by atoms with van der Waals surface area (Å²) >= 11 is 0. The second-order valence-electron chi connectivity index (χ2n) is 10.3. The van der Waals surface area contributed by atoms with Crippen LogP contribution in [0.2, 0.25) is 0 Å². The molecule has 41 heavy (non-hydrogen) atoms. The second kappa shape index (κ2) is 12.2. The Balaban J connectivity index is 1.38. The van der Waals surface area contributed by atoms with E-state index in [2.05, 4.69) is 44.2 Å². The minimum atomic E-state index is -4.76. The van der Waals surface area contributed by atoms with Crippen LogP contribution >= 0.6 is 0 Å². The molecule has 0 aliphatic carbocycles. The maximum absolute atomic E-state index is 12.8. The van der Waals surface area contributed by atoms with Crippen LogP contribution in [0.1, 0.15) is 36.2 Å². The van der Waals surface area contributed by atoms with Crippen LogP contribution in [-0.2, 0) is 17.8 Å². The van der Waals surface area contributed by atoms with Crippen molar-refractivity contribution in [2.45, 2.75) is 38.6 Å². The predicted molar refractivity (Wildman–Crippen MR) is 151 cm³/mol. The number of pyridine rings is 1. The van der Waals surface area contributed by atoms with Crippen molar-refractivity contribution in [3.8, 4) is 5.75 Å². The average Bonchev–Trinajstić information content (AvgIpc) is 3.09. The van der Waals surface area contributed by atoms with E-state index in [0.29, 0.717) is 23.5 Å². The van der Waals surface area contributed by atoms with Crippen LogP contribution in [0, 0.1) is 5.92 Å². The molecule has 1 aliphatic rings. The molecule has 1 unspecified atom stereocenters. The number of rotatable bonds is 9. The smallest absolute Gasteiger partial charge is 0.406 e. The van der Waals surface area contributed by atoms with E-state index < -0.39 is 18.2 Å². The van der Waals surface area contributed by atoms with Crippen LogP contribution in [0.5, 0.6) is 5.75 Å². The predicted octanol–water partition coefficient (Wildman–Crippen LogP) is 4.63. The maximum Gasteiger partial charge on any atom is 0.573 e. The molecular formula is C30H33F3N6O2. The molecule has 1 saturated heterocycles. The van der Waals surface area contributed by atoms with Gasteiger partial charge in [0.2, 0.25) is 5.91 Å². The summed E-state index contributed by atoms with van der Waals surface area (Å²) in [4.78, 5) is 24.4. The van der Waals surface area contributed by atoms with Gasteiger partial charge in [-0.1, -0.05) is 31.2 Å². The number of nitrogens with two attached hydrogens (primary N) is 1. The Hall–Kier alpha value is -4.12. The first kappa shape index (κ1) is 28.4. The van der Waals surface area contributed by atoms with Gasteiger partial charge in [0.15, 0.2) is 5.65 Å². The van der Waals surface area contributed by atoms with Crippen molar-refractivity contribution in [1.29, 1.82) is 0 Å².